The molecule has 1 aliphatic heterocycles. The molecule has 0 unspecified atom stereocenters. The normalized spacial score (nSPS) is 12.4. The number of carbonyl (C=O) groups excluding carboxylic acids is 3. The van der Waals surface area contributed by atoms with Crippen molar-refractivity contribution in [3.05, 3.63) is 388 Å². The summed E-state index contributed by atoms with van der Waals surface area (Å²) in [4.78, 5) is 69.5. The number of carboxylic acids is 2. The Morgan fingerprint density at radius 2 is 0.551 bits per heavy atom. The van der Waals surface area contributed by atoms with Crippen LogP contribution in [0.3, 0.4) is 0 Å². The minimum Gasteiger partial charge on any atom is -0.492 e. The van der Waals surface area contributed by atoms with Crippen LogP contribution in [0.5, 0.6) is 34.5 Å². The maximum Gasteiger partial charge on any atom is 0.335 e. The van der Waals surface area contributed by atoms with E-state index in [1.807, 2.05) is 181 Å². The van der Waals surface area contributed by atoms with E-state index < -0.39 is 86.1 Å². The van der Waals surface area contributed by atoms with E-state index in [2.05, 4.69) is 19.7 Å². The first-order valence-electron chi connectivity index (χ1n) is 43.2. The molecule has 0 aromatic heterocycles. The van der Waals surface area contributed by atoms with Gasteiger partial charge in [-0.15, -0.1) is 0 Å². The molecular formula is C106H100Cl6F6N4O14. The molecule has 12 aromatic carbocycles. The van der Waals surface area contributed by atoms with Crippen LogP contribution in [-0.2, 0) is 38.4 Å². The van der Waals surface area contributed by atoms with Crippen molar-refractivity contribution in [1.29, 1.82) is 0 Å². The topological polar surface area (TPSA) is 212 Å². The molecule has 2 N–H and O–H groups in total. The number of alkyl halides is 6. The fraction of sp³-hybridized carbons (Fsp3) is 0.264. The first-order chi connectivity index (χ1) is 64.9. The molecule has 0 saturated carbocycles. The number of nitrogens with zero attached hydrogens (tertiary/aromatic N) is 4. The van der Waals surface area contributed by atoms with Crippen LogP contribution in [0.1, 0.15) is 108 Å². The molecule has 0 atom stereocenters. The highest BCUT2D eigenvalue weighted by atomic mass is 35.5. The standard InChI is InChI=1S/C38H38Cl2F2N2O4.2C34H31Cl2F2NO5/c1-37(2)25-48-36(43-37)29-10-18-33(19-11-29)47-24-35(45)38(41,42)22-26-4-16-32(17-5-26)46-21-20-44(3)23-34(27-6-12-30(39)13-7-27)28-8-14-31(40)15-9-28;2*1-39(21-31(24-4-10-27(35)11-5-24)25-6-12-28(36)13-7-25)18-19-43-29-14-2-23(3-15-29)20-34(37,38)32(40)22-44-30-16-8-26(9-17-30)33(41)42/h4-19,34H,20-25H2,1-3H3;2*2-17,31H,18-22H2,1H3,(H,41,42). The van der Waals surface area contributed by atoms with Gasteiger partial charge in [-0.3, -0.25) is 14.4 Å². The predicted octanol–water partition coefficient (Wildman–Crippen LogP) is 23.8. The van der Waals surface area contributed by atoms with Crippen molar-refractivity contribution in [2.75, 3.05) is 107 Å². The number of aliphatic imine (C=N–C) groups is 1. The van der Waals surface area contributed by atoms with Gasteiger partial charge in [0.1, 0.15) is 60.9 Å². The van der Waals surface area contributed by atoms with Gasteiger partial charge in [0.15, 0.2) is 19.8 Å². The molecule has 13 rings (SSSR count). The van der Waals surface area contributed by atoms with Crippen LogP contribution in [0.15, 0.2) is 296 Å². The van der Waals surface area contributed by atoms with E-state index in [0.29, 0.717) is 124 Å². The molecule has 30 heteroatoms. The fourth-order valence-electron chi connectivity index (χ4n) is 14.3. The lowest BCUT2D eigenvalue weighted by Gasteiger charge is -2.25. The summed E-state index contributed by atoms with van der Waals surface area (Å²) in [5.41, 5.74) is 8.11. The fourth-order valence-corrected chi connectivity index (χ4v) is 15.1. The van der Waals surface area contributed by atoms with Crippen LogP contribution in [0.2, 0.25) is 30.1 Å². The average Bonchev–Trinajstić information content (AvgIpc) is 1.50. The molecule has 1 heterocycles. The zero-order valence-electron chi connectivity index (χ0n) is 74.9. The number of halogens is 12. The summed E-state index contributed by atoms with van der Waals surface area (Å²) < 4.78 is 127. The second-order valence-electron chi connectivity index (χ2n) is 33.2. The monoisotopic (exact) mass is 1980 g/mol. The third-order valence-corrected chi connectivity index (χ3v) is 23.5. The number of ether oxygens (including phenoxy) is 7. The van der Waals surface area contributed by atoms with Crippen LogP contribution >= 0.6 is 69.6 Å². The summed E-state index contributed by atoms with van der Waals surface area (Å²) in [5.74, 6) is -14.2. The summed E-state index contributed by atoms with van der Waals surface area (Å²) in [6.45, 7) is 7.17. The molecule has 1 aliphatic rings. The number of rotatable bonds is 45. The number of carbonyl (C=O) groups is 5. The number of aromatic carboxylic acids is 2. The quantitative estimate of drug-likeness (QED) is 0.0340. The van der Waals surface area contributed by atoms with Gasteiger partial charge in [-0.2, -0.15) is 26.3 Å². The number of Topliss-reactive ketones (excluding diaryl/α,β-unsaturated/α-hetero) is 3. The van der Waals surface area contributed by atoms with Gasteiger partial charge in [0.2, 0.25) is 23.2 Å². The van der Waals surface area contributed by atoms with Gasteiger partial charge in [0.05, 0.1) is 16.7 Å². The van der Waals surface area contributed by atoms with Crippen molar-refractivity contribution in [1.82, 2.24) is 14.7 Å². The molecule has 0 aliphatic carbocycles. The number of hydrogen-bond donors (Lipinski definition) is 2. The summed E-state index contributed by atoms with van der Waals surface area (Å²) in [6.07, 6.45) is -2.30. The van der Waals surface area contributed by atoms with E-state index in [0.717, 1.165) is 45.5 Å². The van der Waals surface area contributed by atoms with Gasteiger partial charge < -0.3 is 58.1 Å². The van der Waals surface area contributed by atoms with Gasteiger partial charge in [-0.25, -0.2) is 14.6 Å². The molecule has 0 amide bonds. The van der Waals surface area contributed by atoms with E-state index >= 15 is 0 Å². The number of carboxylic acid groups (broad SMARTS) is 2. The minimum absolute atomic E-state index is 0.0189. The largest absolute Gasteiger partial charge is 0.492 e. The van der Waals surface area contributed by atoms with Gasteiger partial charge in [0.25, 0.3) is 0 Å². The zero-order chi connectivity index (χ0) is 97.7. The maximum atomic E-state index is 14.8. The molecule has 712 valence electrons. The van der Waals surface area contributed by atoms with Crippen molar-refractivity contribution in [3.8, 4) is 34.5 Å². The second kappa shape index (κ2) is 49.7. The third-order valence-electron chi connectivity index (χ3n) is 22.0. The Bertz CT molecular complexity index is 5540. The Morgan fingerprint density at radius 3 is 0.765 bits per heavy atom. The highest BCUT2D eigenvalue weighted by molar-refractivity contribution is 6.32. The van der Waals surface area contributed by atoms with Crippen LogP contribution in [0, 0.1) is 0 Å². The number of benzene rings is 12. The Morgan fingerprint density at radius 1 is 0.338 bits per heavy atom. The molecular weight excluding hydrogens is 1880 g/mol. The second-order valence-corrected chi connectivity index (χ2v) is 35.8. The molecule has 0 saturated heterocycles. The first-order valence-corrected chi connectivity index (χ1v) is 45.5. The van der Waals surface area contributed by atoms with Crippen molar-refractivity contribution in [2.45, 2.75) is 74.2 Å². The van der Waals surface area contributed by atoms with Crippen LogP contribution < -0.4 is 28.4 Å². The van der Waals surface area contributed by atoms with Crippen LogP contribution in [0.25, 0.3) is 0 Å². The molecule has 136 heavy (non-hydrogen) atoms. The van der Waals surface area contributed by atoms with E-state index in [-0.39, 0.29) is 57.0 Å². The van der Waals surface area contributed by atoms with Crippen LogP contribution in [-0.4, -0.2) is 190 Å². The highest BCUT2D eigenvalue weighted by Gasteiger charge is 2.42. The predicted molar refractivity (Wildman–Crippen MR) is 520 cm³/mol. The summed E-state index contributed by atoms with van der Waals surface area (Å²) >= 11 is 36.6. The molecule has 0 fully saturated rings. The summed E-state index contributed by atoms with van der Waals surface area (Å²) in [5, 5.41) is 21.9. The van der Waals surface area contributed by atoms with Crippen molar-refractivity contribution >= 4 is 105 Å². The van der Waals surface area contributed by atoms with Crippen molar-refractivity contribution < 1.29 is 93.7 Å². The van der Waals surface area contributed by atoms with Gasteiger partial charge >= 0.3 is 29.7 Å². The Balaban J connectivity index is 0.000000196. The van der Waals surface area contributed by atoms with Crippen molar-refractivity contribution in [3.63, 3.8) is 0 Å². The van der Waals surface area contributed by atoms with Gasteiger partial charge in [-0.1, -0.05) is 179 Å². The van der Waals surface area contributed by atoms with Crippen molar-refractivity contribution in [2.24, 2.45) is 4.99 Å². The molecule has 0 spiro atoms. The smallest absolute Gasteiger partial charge is 0.335 e. The SMILES string of the molecule is CN(CCOc1ccc(CC(F)(F)C(=O)COc2ccc(C(=O)O)cc2)cc1)CC(c1ccc(Cl)cc1)c1ccc(Cl)cc1.CN(CCOc1ccc(CC(F)(F)C(=O)COc2ccc(C(=O)O)cc2)cc1)CC(c1ccc(Cl)cc1)c1ccc(Cl)cc1.CN(CCOc1ccc(CC(F)(F)C(=O)COc2ccc(C3=NC(C)(C)CO3)cc2)cc1)CC(c1ccc(Cl)cc1)c1ccc(Cl)cc1. The zero-order valence-corrected chi connectivity index (χ0v) is 79.4. The van der Waals surface area contributed by atoms with E-state index in [4.69, 9.17) is 113 Å². The van der Waals surface area contributed by atoms with E-state index in [9.17, 15) is 50.3 Å². The maximum absolute atomic E-state index is 14.8. The molecule has 12 aromatic rings. The summed E-state index contributed by atoms with van der Waals surface area (Å²) in [7, 11) is 6.02. The van der Waals surface area contributed by atoms with Gasteiger partial charge in [-0.05, 0) is 267 Å². The highest BCUT2D eigenvalue weighted by Crippen LogP contribution is 2.35. The number of likely N-dealkylation sites (N-methyl/N-ethyl adjacent to an activating group) is 3. The lowest BCUT2D eigenvalue weighted by atomic mass is 9.91. The molecule has 18 nitrogen and oxygen atoms in total. The number of hydrogen-bond acceptors (Lipinski definition) is 16. The molecule has 0 radical (unpaired) electrons. The average molecular weight is 1980 g/mol. The van der Waals surface area contributed by atoms with E-state index in [1.54, 1.807) is 72.8 Å². The van der Waals surface area contributed by atoms with E-state index in [1.165, 1.54) is 72.8 Å². The Kier molecular flexibility index (Phi) is 38.2. The Hall–Kier alpha value is -11.9. The number of ketones is 3. The first kappa shape index (κ1) is 105. The summed E-state index contributed by atoms with van der Waals surface area (Å²) in [6, 6.07) is 82.4. The molecule has 0 bridgehead atoms. The van der Waals surface area contributed by atoms with Crippen LogP contribution in [0.4, 0.5) is 26.3 Å². The minimum atomic E-state index is -3.64. The van der Waals surface area contributed by atoms with Gasteiger partial charge in [0, 0.05) is 112 Å². The Labute approximate surface area is 816 Å². The third kappa shape index (κ3) is 32.9. The lowest BCUT2D eigenvalue weighted by Crippen LogP contribution is -2.35. The lowest BCUT2D eigenvalue weighted by molar-refractivity contribution is -0.145.